The zero-order valence-corrected chi connectivity index (χ0v) is 11.1. The number of aliphatic imine (C=N–C) groups is 1. The third-order valence-electron chi connectivity index (χ3n) is 2.39. The lowest BCUT2D eigenvalue weighted by molar-refractivity contribution is 1.49. The van der Waals surface area contributed by atoms with Crippen LogP contribution in [-0.4, -0.2) is 5.71 Å². The van der Waals surface area contributed by atoms with Crippen molar-refractivity contribution in [3.05, 3.63) is 82.5 Å². The molecule has 2 aromatic carbocycles. The summed E-state index contributed by atoms with van der Waals surface area (Å²) in [5, 5.41) is 0. The van der Waals surface area contributed by atoms with Gasteiger partial charge in [0.1, 0.15) is 4.49 Å². The van der Waals surface area contributed by atoms with Gasteiger partial charge in [-0.3, -0.25) is 4.99 Å². The van der Waals surface area contributed by atoms with Crippen molar-refractivity contribution in [3.63, 3.8) is 0 Å². The largest absolute Gasteiger partial charge is 0.253 e. The number of halogens is 2. The molecule has 1 nitrogen and oxygen atoms in total. The van der Waals surface area contributed by atoms with Gasteiger partial charge in [0.05, 0.1) is 11.9 Å². The van der Waals surface area contributed by atoms with Crippen LogP contribution in [0.5, 0.6) is 0 Å². The van der Waals surface area contributed by atoms with E-state index in [-0.39, 0.29) is 4.49 Å². The van der Waals surface area contributed by atoms with E-state index in [1.54, 1.807) is 0 Å². The highest BCUT2D eigenvalue weighted by atomic mass is 35.5. The van der Waals surface area contributed by atoms with Crippen LogP contribution in [-0.2, 0) is 0 Å². The van der Waals surface area contributed by atoms with E-state index in [9.17, 15) is 0 Å². The summed E-state index contributed by atoms with van der Waals surface area (Å²) in [6, 6.07) is 19.8. The fraction of sp³-hybridized carbons (Fsp3) is 0. The molecule has 0 bridgehead atoms. The Kier molecular flexibility index (Phi) is 4.57. The molecule has 0 atom stereocenters. The quantitative estimate of drug-likeness (QED) is 0.714. The van der Waals surface area contributed by atoms with Crippen molar-refractivity contribution in [1.29, 1.82) is 0 Å². The van der Waals surface area contributed by atoms with Crippen LogP contribution < -0.4 is 0 Å². The van der Waals surface area contributed by atoms with E-state index in [0.29, 0.717) is 0 Å². The van der Waals surface area contributed by atoms with Crippen molar-refractivity contribution in [3.8, 4) is 0 Å². The molecule has 90 valence electrons. The van der Waals surface area contributed by atoms with Crippen LogP contribution in [0.3, 0.4) is 0 Å². The lowest BCUT2D eigenvalue weighted by Gasteiger charge is -2.05. The maximum Gasteiger partial charge on any atom is 0.125 e. The second-order valence-corrected chi connectivity index (χ2v) is 4.64. The third kappa shape index (κ3) is 3.46. The Morgan fingerprint density at radius 1 is 0.778 bits per heavy atom. The molecule has 0 saturated heterocycles. The van der Waals surface area contributed by atoms with Crippen LogP contribution >= 0.6 is 23.2 Å². The van der Waals surface area contributed by atoms with Crippen LogP contribution in [0.15, 0.2) is 76.3 Å². The molecule has 2 aromatic rings. The first-order valence-corrected chi connectivity index (χ1v) is 6.23. The summed E-state index contributed by atoms with van der Waals surface area (Å²) in [6.45, 7) is 0. The second-order valence-electron chi connectivity index (χ2n) is 3.63. The molecule has 0 aliphatic rings. The minimum absolute atomic E-state index is 0.138. The molecule has 3 heteroatoms. The van der Waals surface area contributed by atoms with E-state index in [1.807, 2.05) is 60.7 Å². The summed E-state index contributed by atoms with van der Waals surface area (Å²) in [4.78, 5) is 4.35. The van der Waals surface area contributed by atoms with Gasteiger partial charge in [-0.2, -0.15) is 0 Å². The summed E-state index contributed by atoms with van der Waals surface area (Å²) in [6.07, 6.45) is 1.44. The standard InChI is InChI=1S/C15H11Cl2N/c16-14(17)11-18-15(12-7-3-1-4-8-12)13-9-5-2-6-10-13/h1-11H. The summed E-state index contributed by atoms with van der Waals surface area (Å²) in [5.41, 5.74) is 2.89. The fourth-order valence-electron chi connectivity index (χ4n) is 1.62. The van der Waals surface area contributed by atoms with Gasteiger partial charge in [-0.1, -0.05) is 83.9 Å². The zero-order valence-electron chi connectivity index (χ0n) is 9.55. The Hall–Kier alpha value is -1.57. The van der Waals surface area contributed by atoms with Crippen molar-refractivity contribution < 1.29 is 0 Å². The molecule has 0 N–H and O–H groups in total. The van der Waals surface area contributed by atoms with E-state index in [1.165, 1.54) is 6.20 Å². The molecule has 0 aliphatic carbocycles. The van der Waals surface area contributed by atoms with Crippen molar-refractivity contribution in [1.82, 2.24) is 0 Å². The average molecular weight is 276 g/mol. The molecule has 0 saturated carbocycles. The van der Waals surface area contributed by atoms with Crippen molar-refractivity contribution >= 4 is 28.9 Å². The fourth-order valence-corrected chi connectivity index (χ4v) is 1.72. The second kappa shape index (κ2) is 6.39. The molecular formula is C15H11Cl2N. The van der Waals surface area contributed by atoms with Crippen molar-refractivity contribution in [2.75, 3.05) is 0 Å². The van der Waals surface area contributed by atoms with Gasteiger partial charge in [-0.05, 0) is 0 Å². The Labute approximate surface area is 116 Å². The van der Waals surface area contributed by atoms with E-state index in [0.717, 1.165) is 16.8 Å². The van der Waals surface area contributed by atoms with Crippen LogP contribution in [0.4, 0.5) is 0 Å². The number of nitrogens with zero attached hydrogens (tertiary/aromatic N) is 1. The Balaban J connectivity index is 2.49. The molecule has 0 heterocycles. The van der Waals surface area contributed by atoms with Gasteiger partial charge in [-0.15, -0.1) is 0 Å². The monoisotopic (exact) mass is 275 g/mol. The molecule has 2 rings (SSSR count). The third-order valence-corrected chi connectivity index (χ3v) is 2.58. The number of benzene rings is 2. The van der Waals surface area contributed by atoms with Gasteiger partial charge >= 0.3 is 0 Å². The van der Waals surface area contributed by atoms with Crippen LogP contribution in [0.25, 0.3) is 0 Å². The first-order valence-electron chi connectivity index (χ1n) is 5.47. The molecule has 18 heavy (non-hydrogen) atoms. The predicted molar refractivity (Wildman–Crippen MR) is 78.3 cm³/mol. The maximum atomic E-state index is 5.62. The van der Waals surface area contributed by atoms with E-state index < -0.39 is 0 Å². The zero-order chi connectivity index (χ0) is 12.8. The van der Waals surface area contributed by atoms with Crippen molar-refractivity contribution in [2.24, 2.45) is 4.99 Å². The normalized spacial score (nSPS) is 9.67. The van der Waals surface area contributed by atoms with E-state index in [2.05, 4.69) is 4.99 Å². The topological polar surface area (TPSA) is 12.4 Å². The molecule has 0 aliphatic heterocycles. The van der Waals surface area contributed by atoms with Gasteiger partial charge in [0.15, 0.2) is 0 Å². The van der Waals surface area contributed by atoms with Gasteiger partial charge < -0.3 is 0 Å². The number of rotatable bonds is 3. The molecular weight excluding hydrogens is 265 g/mol. The van der Waals surface area contributed by atoms with Gasteiger partial charge in [0.25, 0.3) is 0 Å². The highest BCUT2D eigenvalue weighted by molar-refractivity contribution is 6.55. The highest BCUT2D eigenvalue weighted by Crippen LogP contribution is 2.13. The summed E-state index contributed by atoms with van der Waals surface area (Å²) >= 11 is 11.2. The van der Waals surface area contributed by atoms with Crippen molar-refractivity contribution in [2.45, 2.75) is 0 Å². The molecule has 0 radical (unpaired) electrons. The summed E-state index contributed by atoms with van der Waals surface area (Å²) < 4.78 is 0.138. The first-order chi connectivity index (χ1) is 8.77. The minimum atomic E-state index is 0.138. The molecule has 0 fully saturated rings. The summed E-state index contributed by atoms with van der Waals surface area (Å²) in [7, 11) is 0. The average Bonchev–Trinajstić information content (AvgIpc) is 2.41. The lowest BCUT2D eigenvalue weighted by atomic mass is 10.0. The van der Waals surface area contributed by atoms with Gasteiger partial charge in [-0.25, -0.2) is 0 Å². The highest BCUT2D eigenvalue weighted by Gasteiger charge is 2.04. The van der Waals surface area contributed by atoms with Crippen LogP contribution in [0.2, 0.25) is 0 Å². The maximum absolute atomic E-state index is 5.62. The molecule has 0 amide bonds. The summed E-state index contributed by atoms with van der Waals surface area (Å²) in [5.74, 6) is 0. The molecule has 0 unspecified atom stereocenters. The smallest absolute Gasteiger partial charge is 0.125 e. The lowest BCUT2D eigenvalue weighted by Crippen LogP contribution is -2.02. The predicted octanol–water partition coefficient (Wildman–Crippen LogP) is 4.80. The van der Waals surface area contributed by atoms with Crippen LogP contribution in [0.1, 0.15) is 11.1 Å². The van der Waals surface area contributed by atoms with Crippen LogP contribution in [0, 0.1) is 0 Å². The first kappa shape index (κ1) is 12.9. The molecule has 0 aromatic heterocycles. The van der Waals surface area contributed by atoms with Gasteiger partial charge in [0.2, 0.25) is 0 Å². The number of hydrogen-bond donors (Lipinski definition) is 0. The number of hydrogen-bond acceptors (Lipinski definition) is 1. The molecule has 0 spiro atoms. The minimum Gasteiger partial charge on any atom is -0.253 e. The Bertz CT molecular complexity index is 514. The Morgan fingerprint density at radius 2 is 1.22 bits per heavy atom. The SMILES string of the molecule is ClC(Cl)=CN=C(c1ccccc1)c1ccccc1. The van der Waals surface area contributed by atoms with Gasteiger partial charge in [0, 0.05) is 11.1 Å². The van der Waals surface area contributed by atoms with E-state index in [4.69, 9.17) is 23.2 Å². The Morgan fingerprint density at radius 3 is 1.61 bits per heavy atom. The van der Waals surface area contributed by atoms with E-state index >= 15 is 0 Å².